The minimum Gasteiger partial charge on any atom is -0.366 e. The van der Waals surface area contributed by atoms with Gasteiger partial charge in [0.15, 0.2) is 5.03 Å². The third kappa shape index (κ3) is 4.31. The summed E-state index contributed by atoms with van der Waals surface area (Å²) in [6.45, 7) is 3.10. The van der Waals surface area contributed by atoms with Crippen molar-refractivity contribution >= 4 is 15.7 Å². The van der Waals surface area contributed by atoms with Crippen LogP contribution in [-0.4, -0.2) is 47.6 Å². The van der Waals surface area contributed by atoms with Crippen LogP contribution in [0.15, 0.2) is 76.8 Å². The van der Waals surface area contributed by atoms with E-state index in [-0.39, 0.29) is 9.92 Å². The van der Waals surface area contributed by atoms with Gasteiger partial charge in [-0.3, -0.25) is 9.88 Å². The number of nitrogens with zero attached hydrogens (tertiary/aromatic N) is 4. The number of pyridine rings is 1. The molecule has 0 amide bonds. The number of hydrogen-bond donors (Lipinski definition) is 1. The number of nitrogens with one attached hydrogen (secondary N) is 1. The zero-order valence-corrected chi connectivity index (χ0v) is 17.9. The van der Waals surface area contributed by atoms with Crippen molar-refractivity contribution in [3.63, 3.8) is 0 Å². The van der Waals surface area contributed by atoms with Gasteiger partial charge < -0.3 is 5.32 Å². The van der Waals surface area contributed by atoms with E-state index in [1.165, 1.54) is 6.07 Å². The molecule has 8 heteroatoms. The van der Waals surface area contributed by atoms with Gasteiger partial charge in [-0.1, -0.05) is 24.3 Å². The van der Waals surface area contributed by atoms with Crippen LogP contribution >= 0.6 is 0 Å². The molecule has 5 rings (SSSR count). The summed E-state index contributed by atoms with van der Waals surface area (Å²) in [5, 5.41) is 11.5. The largest absolute Gasteiger partial charge is 0.366 e. The first kappa shape index (κ1) is 20.1. The summed E-state index contributed by atoms with van der Waals surface area (Å²) < 4.78 is 25.3. The second-order valence-electron chi connectivity index (χ2n) is 8.42. The maximum absolute atomic E-state index is 12.7. The predicted molar refractivity (Wildman–Crippen MR) is 117 cm³/mol. The summed E-state index contributed by atoms with van der Waals surface area (Å²) in [4.78, 5) is 7.16. The van der Waals surface area contributed by atoms with Gasteiger partial charge in [-0.15, -0.1) is 10.2 Å². The number of sulfone groups is 1. The first-order valence-electron chi connectivity index (χ1n) is 10.6. The van der Waals surface area contributed by atoms with Gasteiger partial charge in [0.25, 0.3) is 0 Å². The summed E-state index contributed by atoms with van der Waals surface area (Å²) in [5.74, 6) is 1.97. The average Bonchev–Trinajstić information content (AvgIpc) is 3.33. The molecule has 3 heterocycles. The van der Waals surface area contributed by atoms with Crippen molar-refractivity contribution in [1.29, 1.82) is 0 Å². The van der Waals surface area contributed by atoms with E-state index >= 15 is 0 Å². The van der Waals surface area contributed by atoms with E-state index in [1.807, 2.05) is 18.3 Å². The van der Waals surface area contributed by atoms with Crippen LogP contribution in [0.2, 0.25) is 0 Å². The Hall–Kier alpha value is -2.84. The van der Waals surface area contributed by atoms with Crippen molar-refractivity contribution in [1.82, 2.24) is 20.1 Å². The Morgan fingerprint density at radius 1 is 0.903 bits per heavy atom. The van der Waals surface area contributed by atoms with Crippen molar-refractivity contribution in [3.05, 3.63) is 72.6 Å². The Balaban J connectivity index is 1.17. The summed E-state index contributed by atoms with van der Waals surface area (Å²) in [5.41, 5.74) is 1.12. The molecule has 1 aliphatic heterocycles. The standard InChI is InChI=1S/C23H25N5O2S/c29-31(30,21-7-2-1-3-8-21)23-10-9-22(26-27-23)25-20-12-17-14-28(15-18(17)13-20)16-19-6-4-5-11-24-19/h1-11,17-18,20H,12-16H2,(H,25,26). The number of anilines is 1. The molecular weight excluding hydrogens is 410 g/mol. The molecule has 1 saturated carbocycles. The van der Waals surface area contributed by atoms with Crippen LogP contribution in [0, 0.1) is 11.8 Å². The fraction of sp³-hybridized carbons (Fsp3) is 0.348. The Morgan fingerprint density at radius 2 is 1.65 bits per heavy atom. The summed E-state index contributed by atoms with van der Waals surface area (Å²) in [6.07, 6.45) is 4.04. The van der Waals surface area contributed by atoms with E-state index in [4.69, 9.17) is 0 Å². The molecule has 1 aliphatic carbocycles. The lowest BCUT2D eigenvalue weighted by Crippen LogP contribution is -2.25. The normalized spacial score (nSPS) is 23.5. The highest BCUT2D eigenvalue weighted by Crippen LogP contribution is 2.39. The number of benzene rings is 1. The van der Waals surface area contributed by atoms with Gasteiger partial charge in [0.2, 0.25) is 9.84 Å². The Morgan fingerprint density at radius 3 is 2.29 bits per heavy atom. The van der Waals surface area contributed by atoms with Crippen LogP contribution in [0.25, 0.3) is 0 Å². The van der Waals surface area contributed by atoms with Crippen LogP contribution < -0.4 is 5.32 Å². The van der Waals surface area contributed by atoms with E-state index in [1.54, 1.807) is 36.4 Å². The fourth-order valence-electron chi connectivity index (χ4n) is 4.83. The molecule has 1 aromatic carbocycles. The van der Waals surface area contributed by atoms with Gasteiger partial charge >= 0.3 is 0 Å². The highest BCUT2D eigenvalue weighted by molar-refractivity contribution is 7.91. The monoisotopic (exact) mass is 435 g/mol. The van der Waals surface area contributed by atoms with E-state index in [9.17, 15) is 8.42 Å². The second kappa shape index (κ2) is 8.36. The quantitative estimate of drug-likeness (QED) is 0.637. The molecule has 2 aromatic heterocycles. The van der Waals surface area contributed by atoms with E-state index in [2.05, 4.69) is 31.5 Å². The minimum atomic E-state index is -3.64. The topological polar surface area (TPSA) is 88.1 Å². The van der Waals surface area contributed by atoms with Gasteiger partial charge in [0, 0.05) is 31.9 Å². The van der Waals surface area contributed by atoms with Crippen molar-refractivity contribution in [2.45, 2.75) is 35.3 Å². The highest BCUT2D eigenvalue weighted by atomic mass is 32.2. The third-order valence-corrected chi connectivity index (χ3v) is 7.92. The van der Waals surface area contributed by atoms with Crippen LogP contribution in [0.4, 0.5) is 5.82 Å². The lowest BCUT2D eigenvalue weighted by Gasteiger charge is -2.19. The molecule has 2 unspecified atom stereocenters. The smallest absolute Gasteiger partial charge is 0.225 e. The minimum absolute atomic E-state index is 0.0299. The van der Waals surface area contributed by atoms with Gasteiger partial charge in [-0.05, 0) is 61.1 Å². The Kier molecular flexibility index (Phi) is 5.41. The Labute approximate surface area is 182 Å². The molecule has 1 saturated heterocycles. The van der Waals surface area contributed by atoms with Crippen molar-refractivity contribution in [2.75, 3.05) is 18.4 Å². The van der Waals surface area contributed by atoms with Gasteiger partial charge in [-0.2, -0.15) is 0 Å². The molecule has 2 fully saturated rings. The molecule has 31 heavy (non-hydrogen) atoms. The summed E-state index contributed by atoms with van der Waals surface area (Å²) in [7, 11) is -3.64. The molecule has 2 atom stereocenters. The number of fused-ring (bicyclic) bond motifs is 1. The average molecular weight is 436 g/mol. The number of likely N-dealkylation sites (tertiary alicyclic amines) is 1. The van der Waals surface area contributed by atoms with Crippen molar-refractivity contribution < 1.29 is 8.42 Å². The molecular formula is C23H25N5O2S. The van der Waals surface area contributed by atoms with Crippen LogP contribution in [0.5, 0.6) is 0 Å². The molecule has 0 bridgehead atoms. The molecule has 160 valence electrons. The zero-order chi connectivity index (χ0) is 21.3. The second-order valence-corrected chi connectivity index (χ2v) is 10.3. The molecule has 0 radical (unpaired) electrons. The number of aromatic nitrogens is 3. The van der Waals surface area contributed by atoms with E-state index in [0.717, 1.165) is 38.2 Å². The van der Waals surface area contributed by atoms with Gasteiger partial charge in [0.1, 0.15) is 5.82 Å². The first-order chi connectivity index (χ1) is 15.1. The molecule has 7 nitrogen and oxygen atoms in total. The lowest BCUT2D eigenvalue weighted by atomic mass is 10.0. The molecule has 1 N–H and O–H groups in total. The lowest BCUT2D eigenvalue weighted by molar-refractivity contribution is 0.297. The summed E-state index contributed by atoms with van der Waals surface area (Å²) >= 11 is 0. The molecule has 2 aliphatic rings. The van der Waals surface area contributed by atoms with Crippen LogP contribution in [-0.2, 0) is 16.4 Å². The zero-order valence-electron chi connectivity index (χ0n) is 17.1. The number of hydrogen-bond acceptors (Lipinski definition) is 7. The third-order valence-electron chi connectivity index (χ3n) is 6.26. The van der Waals surface area contributed by atoms with Crippen molar-refractivity contribution in [2.24, 2.45) is 11.8 Å². The maximum Gasteiger partial charge on any atom is 0.225 e. The maximum atomic E-state index is 12.7. The van der Waals surface area contributed by atoms with Gasteiger partial charge in [0.05, 0.1) is 10.6 Å². The summed E-state index contributed by atoms with van der Waals surface area (Å²) in [6, 6.07) is 18.0. The highest BCUT2D eigenvalue weighted by Gasteiger charge is 2.40. The SMILES string of the molecule is O=S(=O)(c1ccccc1)c1ccc(NC2CC3CN(Cc4ccccn4)CC3C2)nn1. The van der Waals surface area contributed by atoms with E-state index < -0.39 is 9.84 Å². The van der Waals surface area contributed by atoms with E-state index in [0.29, 0.717) is 23.7 Å². The molecule has 0 spiro atoms. The predicted octanol–water partition coefficient (Wildman–Crippen LogP) is 3.03. The van der Waals surface area contributed by atoms with Crippen LogP contribution in [0.3, 0.4) is 0 Å². The Bertz CT molecular complexity index is 1110. The first-order valence-corrected chi connectivity index (χ1v) is 12.1. The van der Waals surface area contributed by atoms with Crippen LogP contribution in [0.1, 0.15) is 18.5 Å². The number of rotatable bonds is 6. The van der Waals surface area contributed by atoms with Gasteiger partial charge in [-0.25, -0.2) is 8.42 Å². The fourth-order valence-corrected chi connectivity index (χ4v) is 5.99. The molecule has 3 aromatic rings. The van der Waals surface area contributed by atoms with Crippen molar-refractivity contribution in [3.8, 4) is 0 Å².